The van der Waals surface area contributed by atoms with Crippen LogP contribution in [0, 0.1) is 5.92 Å². The van der Waals surface area contributed by atoms with Gasteiger partial charge in [-0.25, -0.2) is 0 Å². The molecule has 6 heteroatoms. The third-order valence-electron chi connectivity index (χ3n) is 5.51. The molecule has 29 heavy (non-hydrogen) atoms. The van der Waals surface area contributed by atoms with Crippen molar-refractivity contribution >= 4 is 23.2 Å². The van der Waals surface area contributed by atoms with Crippen LogP contribution in [0.1, 0.15) is 36.1 Å². The molecule has 1 aromatic heterocycles. The predicted molar refractivity (Wildman–Crippen MR) is 113 cm³/mol. The van der Waals surface area contributed by atoms with Gasteiger partial charge in [0.2, 0.25) is 11.8 Å². The molecule has 0 radical (unpaired) electrons. The Morgan fingerprint density at radius 2 is 1.83 bits per heavy atom. The van der Waals surface area contributed by atoms with E-state index in [0.717, 1.165) is 42.7 Å². The molecule has 0 unspecified atom stereocenters. The molecule has 2 amide bonds. The smallest absolute Gasteiger partial charge is 0.242 e. The quantitative estimate of drug-likeness (QED) is 0.631. The van der Waals surface area contributed by atoms with Crippen molar-refractivity contribution in [1.29, 1.82) is 0 Å². The molecule has 1 saturated heterocycles. The van der Waals surface area contributed by atoms with Crippen LogP contribution in [0.15, 0.2) is 47.8 Å². The second-order valence-electron chi connectivity index (χ2n) is 7.94. The molecule has 1 aliphatic heterocycles. The summed E-state index contributed by atoms with van der Waals surface area (Å²) < 4.78 is 5.74. The molecule has 0 bridgehead atoms. The molecule has 1 aromatic carbocycles. The molecule has 2 aliphatic rings. The van der Waals surface area contributed by atoms with Crippen LogP contribution in [-0.4, -0.2) is 47.4 Å². The number of carbonyl (C=O) groups excluding carboxylic acids is 2. The maximum atomic E-state index is 13.3. The number of rotatable bonds is 9. The number of amides is 2. The van der Waals surface area contributed by atoms with Gasteiger partial charge in [-0.3, -0.25) is 9.59 Å². The van der Waals surface area contributed by atoms with Crippen molar-refractivity contribution in [3.8, 4) is 0 Å². The summed E-state index contributed by atoms with van der Waals surface area (Å²) in [6.07, 6.45) is 3.94. The fourth-order valence-corrected chi connectivity index (χ4v) is 4.46. The van der Waals surface area contributed by atoms with Crippen molar-refractivity contribution in [2.75, 3.05) is 19.7 Å². The summed E-state index contributed by atoms with van der Waals surface area (Å²) in [5.41, 5.74) is 1.09. The fraction of sp³-hybridized carbons (Fsp3) is 0.478. The molecular weight excluding hydrogens is 384 g/mol. The zero-order chi connectivity index (χ0) is 20.1. The molecule has 2 fully saturated rings. The van der Waals surface area contributed by atoms with Crippen LogP contribution in [0.3, 0.4) is 0 Å². The maximum Gasteiger partial charge on any atom is 0.242 e. The standard InChI is InChI=1S/C23H28N2O3S/c26-22(17-25(23(27)19-10-11-19)15-20-8-4-12-28-20)24(16-21-9-5-13-29-21)14-18-6-2-1-3-7-18/h1-3,5-7,9,13,19-20H,4,8,10-12,14-17H2/t20-/m1/s1. The summed E-state index contributed by atoms with van der Waals surface area (Å²) in [6.45, 7) is 2.52. The number of ether oxygens (including phenoxy) is 1. The Hall–Kier alpha value is -2.18. The Labute approximate surface area is 176 Å². The van der Waals surface area contributed by atoms with Gasteiger partial charge in [0, 0.05) is 30.5 Å². The minimum Gasteiger partial charge on any atom is -0.376 e. The van der Waals surface area contributed by atoms with E-state index < -0.39 is 0 Å². The highest BCUT2D eigenvalue weighted by Gasteiger charge is 2.36. The van der Waals surface area contributed by atoms with Crippen molar-refractivity contribution in [3.63, 3.8) is 0 Å². The first kappa shape index (κ1) is 20.1. The molecule has 4 rings (SSSR count). The lowest BCUT2D eigenvalue weighted by Gasteiger charge is -2.29. The summed E-state index contributed by atoms with van der Waals surface area (Å²) >= 11 is 1.65. The average molecular weight is 413 g/mol. The predicted octanol–water partition coefficient (Wildman–Crippen LogP) is 3.69. The van der Waals surface area contributed by atoms with Gasteiger partial charge in [-0.05, 0) is 42.7 Å². The van der Waals surface area contributed by atoms with Gasteiger partial charge in [0.15, 0.2) is 0 Å². The van der Waals surface area contributed by atoms with E-state index in [0.29, 0.717) is 19.6 Å². The molecule has 154 valence electrons. The highest BCUT2D eigenvalue weighted by molar-refractivity contribution is 7.09. The van der Waals surface area contributed by atoms with Crippen LogP contribution in [0.2, 0.25) is 0 Å². The highest BCUT2D eigenvalue weighted by Crippen LogP contribution is 2.31. The van der Waals surface area contributed by atoms with E-state index >= 15 is 0 Å². The van der Waals surface area contributed by atoms with E-state index in [4.69, 9.17) is 4.74 Å². The van der Waals surface area contributed by atoms with Crippen LogP contribution in [0.4, 0.5) is 0 Å². The Bertz CT molecular complexity index is 799. The highest BCUT2D eigenvalue weighted by atomic mass is 32.1. The third kappa shape index (κ3) is 5.67. The van der Waals surface area contributed by atoms with Gasteiger partial charge >= 0.3 is 0 Å². The van der Waals surface area contributed by atoms with Crippen molar-refractivity contribution in [1.82, 2.24) is 9.80 Å². The Kier molecular flexibility index (Phi) is 6.62. The zero-order valence-electron chi connectivity index (χ0n) is 16.7. The van der Waals surface area contributed by atoms with Gasteiger partial charge in [0.1, 0.15) is 0 Å². The van der Waals surface area contributed by atoms with Gasteiger partial charge in [-0.1, -0.05) is 36.4 Å². The molecule has 5 nitrogen and oxygen atoms in total. The van der Waals surface area contributed by atoms with Gasteiger partial charge in [0.05, 0.1) is 19.2 Å². The van der Waals surface area contributed by atoms with E-state index in [-0.39, 0.29) is 30.4 Å². The topological polar surface area (TPSA) is 49.9 Å². The maximum absolute atomic E-state index is 13.3. The van der Waals surface area contributed by atoms with E-state index in [1.54, 1.807) is 16.2 Å². The lowest BCUT2D eigenvalue weighted by molar-refractivity contribution is -0.143. The minimum absolute atomic E-state index is 0.00532. The van der Waals surface area contributed by atoms with Gasteiger partial charge < -0.3 is 14.5 Å². The van der Waals surface area contributed by atoms with Crippen LogP contribution < -0.4 is 0 Å². The monoisotopic (exact) mass is 412 g/mol. The molecule has 0 spiro atoms. The van der Waals surface area contributed by atoms with E-state index in [1.807, 2.05) is 46.7 Å². The summed E-state index contributed by atoms with van der Waals surface area (Å²) in [7, 11) is 0. The van der Waals surface area contributed by atoms with Crippen molar-refractivity contribution in [3.05, 3.63) is 58.3 Å². The summed E-state index contributed by atoms with van der Waals surface area (Å²) in [4.78, 5) is 30.9. The number of thiophene rings is 1. The lowest BCUT2D eigenvalue weighted by Crippen LogP contribution is -2.45. The Morgan fingerprint density at radius 1 is 1.00 bits per heavy atom. The molecule has 1 atom stereocenters. The number of nitrogens with zero attached hydrogens (tertiary/aromatic N) is 2. The van der Waals surface area contributed by atoms with Crippen LogP contribution in [-0.2, 0) is 27.4 Å². The van der Waals surface area contributed by atoms with Crippen LogP contribution in [0.25, 0.3) is 0 Å². The second kappa shape index (κ2) is 9.55. The van der Waals surface area contributed by atoms with E-state index in [1.165, 1.54) is 0 Å². The molecular formula is C23H28N2O3S. The van der Waals surface area contributed by atoms with Crippen molar-refractivity contribution in [2.24, 2.45) is 5.92 Å². The first-order chi connectivity index (χ1) is 14.2. The number of hydrogen-bond acceptors (Lipinski definition) is 4. The average Bonchev–Trinajstić information content (AvgIpc) is 3.21. The number of carbonyl (C=O) groups is 2. The molecule has 2 heterocycles. The fourth-order valence-electron chi connectivity index (χ4n) is 3.75. The van der Waals surface area contributed by atoms with Gasteiger partial charge in [-0.2, -0.15) is 0 Å². The summed E-state index contributed by atoms with van der Waals surface area (Å²) in [5, 5.41) is 2.03. The van der Waals surface area contributed by atoms with Gasteiger partial charge in [-0.15, -0.1) is 11.3 Å². The lowest BCUT2D eigenvalue weighted by atomic mass is 10.2. The van der Waals surface area contributed by atoms with E-state index in [2.05, 4.69) is 6.07 Å². The molecule has 0 N–H and O–H groups in total. The SMILES string of the molecule is O=C(CN(C[C@H]1CCCO1)C(=O)C1CC1)N(Cc1ccccc1)Cc1cccs1. The number of benzene rings is 1. The van der Waals surface area contributed by atoms with Crippen LogP contribution >= 0.6 is 11.3 Å². The second-order valence-corrected chi connectivity index (χ2v) is 8.98. The largest absolute Gasteiger partial charge is 0.376 e. The first-order valence-corrected chi connectivity index (χ1v) is 11.3. The van der Waals surface area contributed by atoms with Gasteiger partial charge in [0.25, 0.3) is 0 Å². The Balaban J connectivity index is 1.46. The summed E-state index contributed by atoms with van der Waals surface area (Å²) in [6, 6.07) is 14.1. The van der Waals surface area contributed by atoms with Crippen LogP contribution in [0.5, 0.6) is 0 Å². The summed E-state index contributed by atoms with van der Waals surface area (Å²) in [5.74, 6) is 0.211. The molecule has 2 aromatic rings. The van der Waals surface area contributed by atoms with Crippen molar-refractivity contribution in [2.45, 2.75) is 44.9 Å². The third-order valence-corrected chi connectivity index (χ3v) is 6.37. The zero-order valence-corrected chi connectivity index (χ0v) is 17.5. The minimum atomic E-state index is -0.00532. The molecule has 1 saturated carbocycles. The van der Waals surface area contributed by atoms with E-state index in [9.17, 15) is 9.59 Å². The molecule has 1 aliphatic carbocycles. The number of hydrogen-bond donors (Lipinski definition) is 0. The normalized spacial score (nSPS) is 18.6. The van der Waals surface area contributed by atoms with Crippen molar-refractivity contribution < 1.29 is 14.3 Å². The first-order valence-electron chi connectivity index (χ1n) is 10.4. The Morgan fingerprint density at radius 3 is 2.48 bits per heavy atom.